The van der Waals surface area contributed by atoms with Crippen LogP contribution in [0.4, 0.5) is 4.79 Å². The highest BCUT2D eigenvalue weighted by Gasteiger charge is 2.65. The number of allylic oxidation sites excluding steroid dienone is 4. The monoisotopic (exact) mass is 624 g/mol. The first kappa shape index (κ1) is 33.4. The van der Waals surface area contributed by atoms with Gasteiger partial charge in [0.1, 0.15) is 28.0 Å². The Morgan fingerprint density at radius 3 is 2.68 bits per heavy atom. The molecule has 1 saturated heterocycles. The van der Waals surface area contributed by atoms with Crippen LogP contribution in [0.2, 0.25) is 0 Å². The smallest absolute Gasteiger partial charge is 0.412 e. The molecule has 3 aliphatic rings. The fourth-order valence-electron chi connectivity index (χ4n) is 6.23. The van der Waals surface area contributed by atoms with E-state index >= 15 is 0 Å². The summed E-state index contributed by atoms with van der Waals surface area (Å²) >= 11 is 1.20. The van der Waals surface area contributed by atoms with E-state index in [0.29, 0.717) is 16.2 Å². The molecule has 2 heterocycles. The van der Waals surface area contributed by atoms with Gasteiger partial charge in [-0.1, -0.05) is 61.4 Å². The van der Waals surface area contributed by atoms with Gasteiger partial charge in [0.25, 0.3) is 0 Å². The number of thioether (sulfide) groups is 1. The number of unbranched alkanes of at least 4 members (excludes halogenated alkanes) is 2. The minimum atomic E-state index is -1.24. The largest absolute Gasteiger partial charge is 0.507 e. The number of aromatic hydroxyl groups is 1. The zero-order chi connectivity index (χ0) is 32.3. The molecule has 1 aromatic carbocycles. The van der Waals surface area contributed by atoms with Gasteiger partial charge in [0, 0.05) is 22.9 Å². The number of fused-ring (bicyclic) bond motifs is 1. The molecule has 1 aliphatic carbocycles. The van der Waals surface area contributed by atoms with Crippen LogP contribution in [0.25, 0.3) is 0 Å². The Hall–Kier alpha value is -3.50. The molecule has 10 heteroatoms. The molecule has 1 aromatic rings. The van der Waals surface area contributed by atoms with Gasteiger partial charge in [0.05, 0.1) is 6.10 Å². The van der Waals surface area contributed by atoms with Gasteiger partial charge in [-0.05, 0) is 83.1 Å². The molecule has 0 radical (unpaired) electrons. The Bertz CT molecular complexity index is 1430. The molecular weight excluding hydrogens is 580 g/mol. The number of hydrogen-bond donors (Lipinski definition) is 4. The average Bonchev–Trinajstić information content (AvgIpc) is 3.31. The molecule has 0 spiro atoms. The predicted octanol–water partition coefficient (Wildman–Crippen LogP) is 6.38. The first-order valence-corrected chi connectivity index (χ1v) is 16.2. The lowest BCUT2D eigenvalue weighted by Crippen LogP contribution is -2.68. The fourth-order valence-corrected chi connectivity index (χ4v) is 7.80. The highest BCUT2D eigenvalue weighted by molar-refractivity contribution is 8.04. The van der Waals surface area contributed by atoms with Gasteiger partial charge in [0.15, 0.2) is 0 Å². The number of aliphatic hydroxyl groups excluding tert-OH is 1. The molecule has 238 valence electrons. The maximum Gasteiger partial charge on any atom is 0.412 e. The second-order valence-corrected chi connectivity index (χ2v) is 13.4. The number of carbonyl (C=O) groups excluding carboxylic acids is 2. The Labute approximate surface area is 263 Å². The number of nitrogens with zero attached hydrogens (tertiary/aromatic N) is 1. The van der Waals surface area contributed by atoms with E-state index in [1.54, 1.807) is 25.1 Å². The van der Waals surface area contributed by atoms with Gasteiger partial charge in [0.2, 0.25) is 5.91 Å². The standard InChI is InChI=1S/C34H44N2O7S/c1-7-8-9-11-22-17-25(38)28(24-16-20(4)13-14-23(24)19(2)3)26(18-22)43-33(42)35-15-10-12-27-29(30(39)40)36-31(41)34(6,21(5)37)32(36)44-27/h10,12,16-18,21,23-24,32,37-38H,2,7-9,11,13-15H2,1,3-6H3,(H,35,42)(H,39,40)/b12-10+/t21-,23+,24-,32-,34+/m1/s1. The summed E-state index contributed by atoms with van der Waals surface area (Å²) in [6.45, 7) is 13.6. The second kappa shape index (κ2) is 13.6. The summed E-state index contributed by atoms with van der Waals surface area (Å²) in [5.74, 6) is -1.35. The Morgan fingerprint density at radius 1 is 1.32 bits per heavy atom. The summed E-state index contributed by atoms with van der Waals surface area (Å²) in [6, 6.07) is 3.61. The summed E-state index contributed by atoms with van der Waals surface area (Å²) in [5.41, 5.74) is 2.46. The van der Waals surface area contributed by atoms with Crippen molar-refractivity contribution in [3.63, 3.8) is 0 Å². The van der Waals surface area contributed by atoms with Crippen molar-refractivity contribution < 1.29 is 34.4 Å². The van der Waals surface area contributed by atoms with Gasteiger partial charge < -0.3 is 25.4 Å². The molecule has 9 nitrogen and oxygen atoms in total. The molecule has 1 fully saturated rings. The van der Waals surface area contributed by atoms with E-state index in [-0.39, 0.29) is 29.8 Å². The Kier molecular flexibility index (Phi) is 10.4. The van der Waals surface area contributed by atoms with Crippen LogP contribution in [0.3, 0.4) is 0 Å². The predicted molar refractivity (Wildman–Crippen MR) is 171 cm³/mol. The van der Waals surface area contributed by atoms with Gasteiger partial charge in [-0.2, -0.15) is 0 Å². The normalized spacial score (nSPS) is 25.4. The third kappa shape index (κ3) is 6.47. The van der Waals surface area contributed by atoms with Crippen molar-refractivity contribution in [1.82, 2.24) is 10.2 Å². The molecule has 2 amide bonds. The molecular formula is C34H44N2O7S. The molecule has 44 heavy (non-hydrogen) atoms. The summed E-state index contributed by atoms with van der Waals surface area (Å²) in [7, 11) is 0. The number of aryl methyl sites for hydroxylation is 1. The van der Waals surface area contributed by atoms with Crippen molar-refractivity contribution in [2.75, 3.05) is 6.54 Å². The van der Waals surface area contributed by atoms with Crippen molar-refractivity contribution in [3.05, 3.63) is 69.8 Å². The molecule has 0 bridgehead atoms. The van der Waals surface area contributed by atoms with Crippen LogP contribution in [-0.4, -0.2) is 56.2 Å². The van der Waals surface area contributed by atoms with Crippen LogP contribution in [0.5, 0.6) is 11.5 Å². The number of β-lactam (4-membered cyclic amide) rings is 1. The number of benzene rings is 1. The molecule has 0 saturated carbocycles. The van der Waals surface area contributed by atoms with Crippen molar-refractivity contribution in [3.8, 4) is 11.5 Å². The lowest BCUT2D eigenvalue weighted by molar-refractivity contribution is -0.170. The van der Waals surface area contributed by atoms with E-state index < -0.39 is 34.9 Å². The first-order valence-electron chi connectivity index (χ1n) is 15.3. The average molecular weight is 625 g/mol. The SMILES string of the molecule is C=C(C)[C@@H]1CCC(C)=C[C@H]1c1c(O)cc(CCCCC)cc1OC(=O)NC/C=C/C1=C(C(=O)O)N2C(=O)[C@](C)([C@@H](C)O)[C@H]2S1. The number of aliphatic hydroxyl groups is 1. The molecule has 2 aliphatic heterocycles. The summed E-state index contributed by atoms with van der Waals surface area (Å²) in [4.78, 5) is 39.3. The number of nitrogens with one attached hydrogen (secondary N) is 1. The van der Waals surface area contributed by atoms with Crippen molar-refractivity contribution >= 4 is 29.7 Å². The third-order valence-corrected chi connectivity index (χ3v) is 10.5. The molecule has 0 unspecified atom stereocenters. The highest BCUT2D eigenvalue weighted by Crippen LogP contribution is 2.57. The van der Waals surface area contributed by atoms with Crippen molar-refractivity contribution in [2.24, 2.45) is 11.3 Å². The number of rotatable bonds is 12. The van der Waals surface area contributed by atoms with Gasteiger partial charge in [-0.25, -0.2) is 9.59 Å². The van der Waals surface area contributed by atoms with Crippen molar-refractivity contribution in [2.45, 2.75) is 90.5 Å². The number of aliphatic carboxylic acids is 1. The second-order valence-electron chi connectivity index (χ2n) is 12.3. The highest BCUT2D eigenvalue weighted by atomic mass is 32.2. The maximum absolute atomic E-state index is 13.0. The number of phenolic OH excluding ortho intramolecular Hbond substituents is 1. The van der Waals surface area contributed by atoms with Gasteiger partial charge >= 0.3 is 12.1 Å². The molecule has 5 atom stereocenters. The summed E-state index contributed by atoms with van der Waals surface area (Å²) < 4.78 is 5.84. The summed E-state index contributed by atoms with van der Waals surface area (Å²) in [6.07, 6.45) is 9.28. The van der Waals surface area contributed by atoms with Gasteiger partial charge in [-0.3, -0.25) is 9.69 Å². The van der Waals surface area contributed by atoms with Crippen LogP contribution in [0, 0.1) is 11.3 Å². The van der Waals surface area contributed by atoms with E-state index in [1.165, 1.54) is 29.2 Å². The number of carboxylic acids is 1. The van der Waals surface area contributed by atoms with E-state index in [9.17, 15) is 29.7 Å². The first-order chi connectivity index (χ1) is 20.8. The quantitative estimate of drug-likeness (QED) is 0.119. The zero-order valence-electron chi connectivity index (χ0n) is 26.2. The zero-order valence-corrected chi connectivity index (χ0v) is 27.0. The Balaban J connectivity index is 1.52. The third-order valence-electron chi connectivity index (χ3n) is 9.01. The van der Waals surface area contributed by atoms with Crippen LogP contribution in [-0.2, 0) is 16.0 Å². The molecule has 4 rings (SSSR count). The van der Waals surface area contributed by atoms with Crippen LogP contribution in [0.15, 0.2) is 58.7 Å². The topological polar surface area (TPSA) is 136 Å². The van der Waals surface area contributed by atoms with E-state index in [4.69, 9.17) is 4.74 Å². The maximum atomic E-state index is 13.0. The van der Waals surface area contributed by atoms with Crippen LogP contribution in [0.1, 0.15) is 83.8 Å². The van der Waals surface area contributed by atoms with Crippen LogP contribution < -0.4 is 10.1 Å². The number of ether oxygens (including phenoxy) is 1. The fraction of sp³-hybridized carbons (Fsp3) is 0.500. The molecule has 0 aromatic heterocycles. The van der Waals surface area contributed by atoms with Crippen molar-refractivity contribution in [1.29, 1.82) is 0 Å². The number of amides is 2. The number of phenols is 1. The van der Waals surface area contributed by atoms with Gasteiger partial charge in [-0.15, -0.1) is 0 Å². The van der Waals surface area contributed by atoms with E-state index in [0.717, 1.165) is 49.7 Å². The number of carboxylic acid groups (broad SMARTS) is 1. The van der Waals surface area contributed by atoms with E-state index in [1.807, 2.05) is 13.0 Å². The Morgan fingerprint density at radius 2 is 2.05 bits per heavy atom. The lowest BCUT2D eigenvalue weighted by atomic mass is 9.73. The molecule has 4 N–H and O–H groups in total. The van der Waals surface area contributed by atoms with Crippen LogP contribution >= 0.6 is 11.8 Å². The number of hydrogen-bond acceptors (Lipinski definition) is 7. The summed E-state index contributed by atoms with van der Waals surface area (Å²) in [5, 5.41) is 33.4. The minimum absolute atomic E-state index is 0.0381. The lowest BCUT2D eigenvalue weighted by Gasteiger charge is -2.51. The van der Waals surface area contributed by atoms with E-state index in [2.05, 4.69) is 31.8 Å². The number of carbonyl (C=O) groups is 3. The minimum Gasteiger partial charge on any atom is -0.507 e.